The average molecular weight is 300 g/mol. The molecule has 0 radical (unpaired) electrons. The van der Waals surface area contributed by atoms with Crippen molar-refractivity contribution >= 4 is 21.9 Å². The van der Waals surface area contributed by atoms with E-state index < -0.39 is 6.04 Å². The van der Waals surface area contributed by atoms with E-state index in [1.807, 2.05) is 24.3 Å². The van der Waals surface area contributed by atoms with E-state index in [2.05, 4.69) is 35.1 Å². The van der Waals surface area contributed by atoms with Gasteiger partial charge in [0, 0.05) is 4.47 Å². The average Bonchev–Trinajstić information content (AvgIpc) is 2.30. The second-order valence-corrected chi connectivity index (χ2v) is 5.13. The summed E-state index contributed by atoms with van der Waals surface area (Å²) in [5.41, 5.74) is 0.903. The van der Waals surface area contributed by atoms with Crippen molar-refractivity contribution in [2.24, 2.45) is 5.92 Å². The first kappa shape index (κ1) is 14.2. The third-order valence-electron chi connectivity index (χ3n) is 2.38. The smallest absolute Gasteiger partial charge is 0.327 e. The molecule has 1 aromatic rings. The molecule has 1 atom stereocenters. The number of nitrogens with one attached hydrogen (secondary N) is 1. The van der Waals surface area contributed by atoms with Crippen molar-refractivity contribution in [2.45, 2.75) is 19.9 Å². The predicted molar refractivity (Wildman–Crippen MR) is 71.7 cm³/mol. The maximum Gasteiger partial charge on any atom is 0.327 e. The minimum absolute atomic E-state index is 0.266. The summed E-state index contributed by atoms with van der Waals surface area (Å²) in [5, 5.41) is 3.22. The van der Waals surface area contributed by atoms with Crippen molar-refractivity contribution in [1.29, 1.82) is 0 Å². The molecule has 0 fully saturated rings. The highest BCUT2D eigenvalue weighted by molar-refractivity contribution is 9.10. The highest BCUT2D eigenvalue weighted by atomic mass is 79.9. The number of benzene rings is 1. The summed E-state index contributed by atoms with van der Waals surface area (Å²) in [4.78, 5) is 11.8. The topological polar surface area (TPSA) is 38.3 Å². The van der Waals surface area contributed by atoms with Crippen LogP contribution in [0, 0.1) is 5.92 Å². The summed E-state index contributed by atoms with van der Waals surface area (Å²) >= 11 is 3.45. The van der Waals surface area contributed by atoms with Gasteiger partial charge in [0.05, 0.1) is 7.11 Å². The Labute approximate surface area is 111 Å². The number of carbonyl (C=O) groups excluding carboxylic acids is 1. The van der Waals surface area contributed by atoms with Gasteiger partial charge in [0.1, 0.15) is 6.04 Å². The Morgan fingerprint density at radius 3 is 2.59 bits per heavy atom. The summed E-state index contributed by atoms with van der Waals surface area (Å²) in [5.74, 6) is 0.210. The van der Waals surface area contributed by atoms with Gasteiger partial charge in [-0.15, -0.1) is 0 Å². The summed E-state index contributed by atoms with van der Waals surface area (Å²) in [6.07, 6.45) is 0. The minimum Gasteiger partial charge on any atom is -0.468 e. The van der Waals surface area contributed by atoms with Crippen LogP contribution in [0.1, 0.15) is 25.5 Å². The Hall–Kier alpha value is -0.870. The monoisotopic (exact) mass is 299 g/mol. The van der Waals surface area contributed by atoms with Gasteiger partial charge in [-0.05, 0) is 24.1 Å². The van der Waals surface area contributed by atoms with Gasteiger partial charge in [0.25, 0.3) is 0 Å². The van der Waals surface area contributed by atoms with Crippen molar-refractivity contribution in [3.8, 4) is 0 Å². The van der Waals surface area contributed by atoms with Gasteiger partial charge in [-0.3, -0.25) is 0 Å². The van der Waals surface area contributed by atoms with Crippen molar-refractivity contribution in [1.82, 2.24) is 5.32 Å². The molecule has 0 aliphatic heterocycles. The Balaban J connectivity index is 2.90. The molecule has 1 rings (SSSR count). The lowest BCUT2D eigenvalue weighted by molar-refractivity contribution is -0.143. The molecule has 0 aliphatic carbocycles. The molecule has 0 saturated carbocycles. The molecule has 0 spiro atoms. The normalized spacial score (nSPS) is 12.5. The lowest BCUT2D eigenvalue weighted by Gasteiger charge is -2.19. The molecule has 0 heterocycles. The number of esters is 1. The molecule has 1 N–H and O–H groups in total. The second-order valence-electron chi connectivity index (χ2n) is 4.28. The number of hydrogen-bond acceptors (Lipinski definition) is 3. The maximum absolute atomic E-state index is 11.8. The van der Waals surface area contributed by atoms with Gasteiger partial charge < -0.3 is 10.1 Å². The lowest BCUT2D eigenvalue weighted by atomic mass is 10.1. The highest BCUT2D eigenvalue weighted by Gasteiger charge is 2.22. The molecule has 0 bridgehead atoms. The van der Waals surface area contributed by atoms with Crippen molar-refractivity contribution in [2.75, 3.05) is 13.7 Å². The Morgan fingerprint density at radius 1 is 1.41 bits per heavy atom. The molecule has 17 heavy (non-hydrogen) atoms. The molecule has 3 nitrogen and oxygen atoms in total. The second kappa shape index (κ2) is 6.77. The fourth-order valence-electron chi connectivity index (χ4n) is 1.50. The zero-order valence-electron chi connectivity index (χ0n) is 10.4. The van der Waals surface area contributed by atoms with Gasteiger partial charge in [-0.25, -0.2) is 4.79 Å². The standard InChI is InChI=1S/C13H18BrNO2/c1-9(2)8-15-12(13(16)17-3)10-6-4-5-7-11(10)14/h4-7,9,12,15H,8H2,1-3H3. The number of ether oxygens (including phenoxy) is 1. The molecule has 0 amide bonds. The molecule has 1 aromatic carbocycles. The van der Waals surface area contributed by atoms with Gasteiger partial charge in [-0.1, -0.05) is 48.0 Å². The van der Waals surface area contributed by atoms with Gasteiger partial charge in [0.2, 0.25) is 0 Å². The van der Waals surface area contributed by atoms with Crippen LogP contribution in [0.5, 0.6) is 0 Å². The van der Waals surface area contributed by atoms with E-state index in [9.17, 15) is 4.79 Å². The van der Waals surface area contributed by atoms with E-state index in [-0.39, 0.29) is 5.97 Å². The minimum atomic E-state index is -0.419. The summed E-state index contributed by atoms with van der Waals surface area (Å²) in [7, 11) is 1.41. The van der Waals surface area contributed by atoms with E-state index in [4.69, 9.17) is 4.74 Å². The Kier molecular flexibility index (Phi) is 5.65. The van der Waals surface area contributed by atoms with Crippen molar-refractivity contribution in [3.05, 3.63) is 34.3 Å². The van der Waals surface area contributed by atoms with Crippen LogP contribution in [0.25, 0.3) is 0 Å². The number of methoxy groups -OCH3 is 1. The molecule has 0 saturated heterocycles. The van der Waals surface area contributed by atoms with E-state index >= 15 is 0 Å². The van der Waals surface area contributed by atoms with E-state index in [0.717, 1.165) is 16.6 Å². The largest absolute Gasteiger partial charge is 0.468 e. The third-order valence-corrected chi connectivity index (χ3v) is 3.11. The molecule has 1 unspecified atom stereocenters. The first-order valence-corrected chi connectivity index (χ1v) is 6.41. The highest BCUT2D eigenvalue weighted by Crippen LogP contribution is 2.24. The van der Waals surface area contributed by atoms with Gasteiger partial charge in [-0.2, -0.15) is 0 Å². The van der Waals surface area contributed by atoms with E-state index in [1.54, 1.807) is 0 Å². The fraction of sp³-hybridized carbons (Fsp3) is 0.462. The molecule has 94 valence electrons. The Bertz CT molecular complexity index is 379. The maximum atomic E-state index is 11.8. The molecule has 0 aromatic heterocycles. The van der Waals surface area contributed by atoms with Crippen molar-refractivity contribution in [3.63, 3.8) is 0 Å². The summed E-state index contributed by atoms with van der Waals surface area (Å²) in [6, 6.07) is 7.25. The van der Waals surface area contributed by atoms with Crippen LogP contribution in [0.4, 0.5) is 0 Å². The lowest BCUT2D eigenvalue weighted by Crippen LogP contribution is -2.32. The number of hydrogen-bond donors (Lipinski definition) is 1. The van der Waals surface area contributed by atoms with E-state index in [1.165, 1.54) is 7.11 Å². The van der Waals surface area contributed by atoms with Crippen molar-refractivity contribution < 1.29 is 9.53 Å². The van der Waals surface area contributed by atoms with Crippen LogP contribution < -0.4 is 5.32 Å². The van der Waals surface area contributed by atoms with Crippen LogP contribution in [0.3, 0.4) is 0 Å². The first-order chi connectivity index (χ1) is 8.06. The molecular formula is C13H18BrNO2. The zero-order valence-corrected chi connectivity index (χ0v) is 12.0. The van der Waals surface area contributed by atoms with E-state index in [0.29, 0.717) is 5.92 Å². The summed E-state index contributed by atoms with van der Waals surface area (Å²) < 4.78 is 5.74. The Morgan fingerprint density at radius 2 is 2.06 bits per heavy atom. The fourth-order valence-corrected chi connectivity index (χ4v) is 2.01. The molecule has 0 aliphatic rings. The van der Waals surface area contributed by atoms with Gasteiger partial charge in [0.15, 0.2) is 0 Å². The SMILES string of the molecule is COC(=O)C(NCC(C)C)c1ccccc1Br. The number of halogens is 1. The molecular weight excluding hydrogens is 282 g/mol. The van der Waals surface area contributed by atoms with Crippen LogP contribution in [0.15, 0.2) is 28.7 Å². The van der Waals surface area contributed by atoms with Crippen LogP contribution >= 0.6 is 15.9 Å². The van der Waals surface area contributed by atoms with Gasteiger partial charge >= 0.3 is 5.97 Å². The van der Waals surface area contributed by atoms with Crippen LogP contribution in [-0.4, -0.2) is 19.6 Å². The zero-order chi connectivity index (χ0) is 12.8. The van der Waals surface area contributed by atoms with Crippen LogP contribution in [0.2, 0.25) is 0 Å². The first-order valence-electron chi connectivity index (χ1n) is 5.62. The van der Waals surface area contributed by atoms with Crippen LogP contribution in [-0.2, 0) is 9.53 Å². The summed E-state index contributed by atoms with van der Waals surface area (Å²) in [6.45, 7) is 4.96. The molecule has 4 heteroatoms. The quantitative estimate of drug-likeness (QED) is 0.850. The predicted octanol–water partition coefficient (Wildman–Crippen LogP) is 2.91. The number of rotatable bonds is 5. The number of carbonyl (C=O) groups is 1. The third kappa shape index (κ3) is 4.13.